The van der Waals surface area contributed by atoms with Crippen LogP contribution in [0.25, 0.3) is 0 Å². The lowest BCUT2D eigenvalue weighted by Gasteiger charge is -2.49. The third-order valence-corrected chi connectivity index (χ3v) is 16.2. The van der Waals surface area contributed by atoms with Gasteiger partial charge in [0.1, 0.15) is 48.8 Å². The van der Waals surface area contributed by atoms with Crippen LogP contribution < -0.4 is 31.9 Å². The molecule has 0 bridgehead atoms. The first-order valence-electron chi connectivity index (χ1n) is 27.5. The van der Waals surface area contributed by atoms with E-state index in [-0.39, 0.29) is 30.6 Å². The molecule has 22 heteroatoms. The Balaban J connectivity index is 1.11. The Labute approximate surface area is 446 Å². The van der Waals surface area contributed by atoms with Crippen molar-refractivity contribution in [3.8, 4) is 0 Å². The van der Waals surface area contributed by atoms with Crippen LogP contribution in [0.2, 0.25) is 0 Å². The molecule has 424 valence electrons. The lowest BCUT2D eigenvalue weighted by molar-refractivity contribution is -0.340. The second kappa shape index (κ2) is 31.5. The molecule has 13 N–H and O–H groups in total. The quantitative estimate of drug-likeness (QED) is 0.0588. The summed E-state index contributed by atoms with van der Waals surface area (Å²) in [5, 5.41) is 95.4. The number of hydrogen-bond donors (Lipinski definition) is 13. The highest BCUT2D eigenvalue weighted by Gasteiger charge is 2.53. The van der Waals surface area contributed by atoms with E-state index in [1.807, 2.05) is 6.92 Å². The minimum absolute atomic E-state index is 0.0665. The van der Waals surface area contributed by atoms with Crippen LogP contribution in [-0.4, -0.2) is 210 Å². The van der Waals surface area contributed by atoms with Gasteiger partial charge in [-0.25, -0.2) is 0 Å². The number of carbonyl (C=O) groups is 2. The molecule has 74 heavy (non-hydrogen) atoms. The summed E-state index contributed by atoms with van der Waals surface area (Å²) in [7, 11) is 0. The van der Waals surface area contributed by atoms with E-state index in [4.69, 9.17) is 23.7 Å². The van der Waals surface area contributed by atoms with Crippen LogP contribution in [0.4, 0.5) is 0 Å². The smallest absolute Gasteiger partial charge is 0.223 e. The summed E-state index contributed by atoms with van der Waals surface area (Å²) < 4.78 is 32.7. The zero-order valence-corrected chi connectivity index (χ0v) is 45.4. The first kappa shape index (κ1) is 61.2. The molecule has 5 fully saturated rings. The number of nitrogens with zero attached hydrogens (tertiary/aromatic N) is 1. The van der Waals surface area contributed by atoms with Gasteiger partial charge in [0.2, 0.25) is 11.8 Å². The van der Waals surface area contributed by atoms with Gasteiger partial charge in [-0.05, 0) is 94.2 Å². The summed E-state index contributed by atoms with van der Waals surface area (Å²) in [6, 6.07) is 5.19. The van der Waals surface area contributed by atoms with Gasteiger partial charge in [0.25, 0.3) is 0 Å². The Bertz CT molecular complexity index is 1800. The van der Waals surface area contributed by atoms with Crippen molar-refractivity contribution in [1.82, 2.24) is 36.8 Å². The van der Waals surface area contributed by atoms with E-state index in [0.29, 0.717) is 32.5 Å². The van der Waals surface area contributed by atoms with Crippen LogP contribution in [0.15, 0.2) is 22.7 Å². The summed E-state index contributed by atoms with van der Waals surface area (Å²) in [6.45, 7) is 14.2. The van der Waals surface area contributed by atoms with Gasteiger partial charge in [0, 0.05) is 69.7 Å². The highest BCUT2D eigenvalue weighted by Crippen LogP contribution is 2.40. The average molecular weight is 1120 g/mol. The molecule has 1 aromatic rings. The maximum atomic E-state index is 14.1. The molecule has 2 amide bonds. The lowest BCUT2D eigenvalue weighted by atomic mass is 9.75. The highest BCUT2D eigenvalue weighted by atomic mass is 79.9. The number of benzene rings is 1. The average Bonchev–Trinajstić information content (AvgIpc) is 3.38. The number of ether oxygens (including phenoxy) is 5. The molecule has 3 saturated heterocycles. The first-order valence-corrected chi connectivity index (χ1v) is 28.3. The van der Waals surface area contributed by atoms with Gasteiger partial charge in [0.15, 0.2) is 18.9 Å². The third kappa shape index (κ3) is 18.3. The Kier molecular flexibility index (Phi) is 26.1. The number of amides is 2. The summed E-state index contributed by atoms with van der Waals surface area (Å²) in [4.78, 5) is 29.5. The molecule has 3 heterocycles. The third-order valence-electron chi connectivity index (χ3n) is 15.5. The Hall–Kier alpha value is -2.04. The summed E-state index contributed by atoms with van der Waals surface area (Å²) in [5.74, 6) is -1.60. The van der Waals surface area contributed by atoms with Gasteiger partial charge >= 0.3 is 0 Å². The minimum Gasteiger partial charge on any atom is -0.394 e. The minimum atomic E-state index is -1.92. The Morgan fingerprint density at radius 1 is 0.838 bits per heavy atom. The second-order valence-corrected chi connectivity index (χ2v) is 22.0. The molecule has 3 aliphatic heterocycles. The first-order chi connectivity index (χ1) is 35.7. The van der Waals surface area contributed by atoms with E-state index < -0.39 is 104 Å². The molecular weight excluding hydrogens is 1030 g/mol. The predicted octanol–water partition coefficient (Wildman–Crippen LogP) is -0.329. The maximum Gasteiger partial charge on any atom is 0.223 e. The van der Waals surface area contributed by atoms with Crippen molar-refractivity contribution in [2.24, 2.45) is 17.8 Å². The molecular formula is C52H90BrN7O14. The molecule has 14 unspecified atom stereocenters. The van der Waals surface area contributed by atoms with Crippen molar-refractivity contribution in [2.45, 2.75) is 190 Å². The van der Waals surface area contributed by atoms with E-state index in [1.165, 1.54) is 12.5 Å². The van der Waals surface area contributed by atoms with E-state index in [9.17, 15) is 45.3 Å². The van der Waals surface area contributed by atoms with Gasteiger partial charge in [-0.15, -0.1) is 0 Å². The number of aliphatic hydroxyl groups is 7. The number of aliphatic hydroxyl groups excluding tert-OH is 6. The van der Waals surface area contributed by atoms with Gasteiger partial charge in [-0.2, -0.15) is 0 Å². The largest absolute Gasteiger partial charge is 0.394 e. The molecule has 0 spiro atoms. The van der Waals surface area contributed by atoms with Gasteiger partial charge in [0.05, 0.1) is 24.9 Å². The van der Waals surface area contributed by atoms with Crippen molar-refractivity contribution < 1.29 is 69.0 Å². The van der Waals surface area contributed by atoms with E-state index in [2.05, 4.69) is 70.9 Å². The zero-order valence-electron chi connectivity index (χ0n) is 43.8. The van der Waals surface area contributed by atoms with Gasteiger partial charge in [-0.3, -0.25) is 14.5 Å². The standard InChI is InChI=1S/C52H90BrN7O14/c1-4-35-26-37(49(67)58-20-19-57-28-34-12-13-36(38(53)24-34)29-60-22-9-16-55-18-17-54-14-8-15-56-21-23-60)27-39(47(35)74-52-46(66)45(65)43(63)31(2)70-52)72-51-42(59-32(3)62)48(44(64)41(30-61)73-51)71-40(50(68)69)25-33-10-6-5-7-11-33/h12-13,24,31,33,35,37,39-48,50-52,54-57,61,63-66,68-69H,4-11,14-23,25-30H2,1-3H3,(H,58,67)(H,59,62)/t31?,35?,37?,39?,40-,41?,42?,43?,44?,45?,46?,47?,48?,51?,52?/m0/s1. The Morgan fingerprint density at radius 3 is 2.26 bits per heavy atom. The molecule has 15 atom stereocenters. The van der Waals surface area contributed by atoms with Crippen LogP contribution >= 0.6 is 15.9 Å². The van der Waals surface area contributed by atoms with Crippen molar-refractivity contribution in [2.75, 3.05) is 72.1 Å². The predicted molar refractivity (Wildman–Crippen MR) is 278 cm³/mol. The van der Waals surface area contributed by atoms with Gasteiger partial charge in [-0.1, -0.05) is 73.5 Å². The van der Waals surface area contributed by atoms with E-state index >= 15 is 0 Å². The van der Waals surface area contributed by atoms with Crippen LogP contribution in [0.3, 0.4) is 0 Å². The van der Waals surface area contributed by atoms with E-state index in [1.54, 1.807) is 6.92 Å². The Morgan fingerprint density at radius 2 is 1.57 bits per heavy atom. The summed E-state index contributed by atoms with van der Waals surface area (Å²) in [5.41, 5.74) is 2.32. The molecule has 0 radical (unpaired) electrons. The van der Waals surface area contributed by atoms with Gasteiger partial charge < -0.3 is 91.3 Å². The topological polar surface area (TPSA) is 297 Å². The number of nitrogens with one attached hydrogen (secondary N) is 6. The SMILES string of the molecule is CCC1CC(C(=O)NCCNCc2ccc(CN3CCCNCCNCCCNCC3)c(Br)c2)CC(OC2OC(CO)C(O)C(O[C@@H](CC3CCCCC3)C(O)O)C2NC(C)=O)C1OC1OC(C)C(O)C(O)C1O. The number of hydrogen-bond acceptors (Lipinski definition) is 19. The normalized spacial score (nSPS) is 34.2. The molecule has 2 aliphatic carbocycles. The monoisotopic (exact) mass is 1120 g/mol. The van der Waals surface area contributed by atoms with Crippen molar-refractivity contribution in [3.63, 3.8) is 0 Å². The van der Waals surface area contributed by atoms with Crippen LogP contribution in [-0.2, 0) is 46.4 Å². The van der Waals surface area contributed by atoms with Crippen LogP contribution in [0.1, 0.15) is 103 Å². The maximum absolute atomic E-state index is 14.1. The van der Waals surface area contributed by atoms with Crippen molar-refractivity contribution in [1.29, 1.82) is 0 Å². The molecule has 21 nitrogen and oxygen atoms in total. The molecule has 5 aliphatic rings. The molecule has 2 saturated carbocycles. The summed E-state index contributed by atoms with van der Waals surface area (Å²) >= 11 is 3.83. The highest BCUT2D eigenvalue weighted by molar-refractivity contribution is 9.10. The number of rotatable bonds is 20. The molecule has 0 aromatic heterocycles. The number of halogens is 1. The van der Waals surface area contributed by atoms with Crippen LogP contribution in [0.5, 0.6) is 0 Å². The molecule has 1 aromatic carbocycles. The lowest BCUT2D eigenvalue weighted by Crippen LogP contribution is -2.67. The van der Waals surface area contributed by atoms with Crippen LogP contribution in [0, 0.1) is 17.8 Å². The fraction of sp³-hybridized carbons (Fsp3) is 0.846. The second-order valence-electron chi connectivity index (χ2n) is 21.2. The number of carbonyl (C=O) groups excluding carboxylic acids is 2. The van der Waals surface area contributed by atoms with Crippen molar-refractivity contribution >= 4 is 27.7 Å². The van der Waals surface area contributed by atoms with E-state index in [0.717, 1.165) is 114 Å². The fourth-order valence-corrected chi connectivity index (χ4v) is 11.7. The van der Waals surface area contributed by atoms with Crippen molar-refractivity contribution in [3.05, 3.63) is 33.8 Å². The zero-order chi connectivity index (χ0) is 53.1. The fourth-order valence-electron chi connectivity index (χ4n) is 11.2. The summed E-state index contributed by atoms with van der Waals surface area (Å²) in [6.07, 6.45) is -9.26. The molecule has 6 rings (SSSR count).